The van der Waals surface area contributed by atoms with Gasteiger partial charge in [0.15, 0.2) is 15.1 Å². The third-order valence-corrected chi connectivity index (χ3v) is 10.5. The molecule has 0 radical (unpaired) electrons. The summed E-state index contributed by atoms with van der Waals surface area (Å²) in [5, 5.41) is -0.807. The van der Waals surface area contributed by atoms with Crippen molar-refractivity contribution in [3.8, 4) is 0 Å². The van der Waals surface area contributed by atoms with Gasteiger partial charge in [-0.3, -0.25) is 4.79 Å². The van der Waals surface area contributed by atoms with E-state index in [1.54, 1.807) is 45.9 Å². The van der Waals surface area contributed by atoms with Crippen LogP contribution in [0.5, 0.6) is 0 Å². The van der Waals surface area contributed by atoms with Crippen LogP contribution in [0.25, 0.3) is 0 Å². The summed E-state index contributed by atoms with van der Waals surface area (Å²) >= 11 is 0. The number of amides is 1. The standard InChI is InChI=1S/C26H41NO6S2Si/c1-17(2)21(24(29)33-26(6,7)8)27-22(28)20(19(25(3,4)5)16-32-36(9)10)23(27)34-35(30,31)18-14-12-11-13-15-18/h11-15,19-21,23,36H,1,16H2,2-10H3/t19-,20+,21?,23-/m1/s1. The molecule has 0 spiro atoms. The molecule has 1 aromatic carbocycles. The van der Waals surface area contributed by atoms with Crippen molar-refractivity contribution in [2.45, 2.75) is 83.5 Å². The second-order valence-corrected chi connectivity index (χ2v) is 18.0. The molecule has 7 nitrogen and oxygen atoms in total. The molecule has 0 N–H and O–H groups in total. The number of β-lactam (4-membered cyclic amide) rings is 1. The normalized spacial score (nSPS) is 20.6. The number of nitrogens with zero attached hydrogens (tertiary/aromatic N) is 1. The van der Waals surface area contributed by atoms with E-state index >= 15 is 0 Å². The quantitative estimate of drug-likeness (QED) is 0.134. The van der Waals surface area contributed by atoms with Crippen molar-refractivity contribution >= 4 is 40.6 Å². The molecule has 0 bridgehead atoms. The van der Waals surface area contributed by atoms with Gasteiger partial charge in [-0.1, -0.05) is 45.5 Å². The zero-order valence-electron chi connectivity index (χ0n) is 22.9. The highest BCUT2D eigenvalue weighted by molar-refractivity contribution is 8.72. The van der Waals surface area contributed by atoms with E-state index in [1.807, 2.05) is 20.8 Å². The van der Waals surface area contributed by atoms with Crippen molar-refractivity contribution < 1.29 is 27.2 Å². The molecule has 4 atom stereocenters. The average molecular weight is 556 g/mol. The van der Waals surface area contributed by atoms with Gasteiger partial charge in [-0.15, -0.1) is 0 Å². The van der Waals surface area contributed by atoms with Crippen LogP contribution in [0.15, 0.2) is 47.4 Å². The van der Waals surface area contributed by atoms with Gasteiger partial charge in [-0.2, -0.15) is 0 Å². The van der Waals surface area contributed by atoms with Crippen molar-refractivity contribution in [3.63, 3.8) is 0 Å². The Morgan fingerprint density at radius 3 is 2.14 bits per heavy atom. The van der Waals surface area contributed by atoms with E-state index in [1.165, 1.54) is 17.0 Å². The SMILES string of the molecule is C=C(C)C(C(=O)OC(C)(C)C)N1C(=O)[C@H]([C@@H](CO[SiH](C)C)C(C)(C)C)[C@H]1SS(=O)(=O)c1ccccc1. The van der Waals surface area contributed by atoms with Crippen LogP contribution >= 0.6 is 10.8 Å². The minimum absolute atomic E-state index is 0.148. The molecule has 202 valence electrons. The van der Waals surface area contributed by atoms with Crippen molar-refractivity contribution in [2.75, 3.05) is 6.61 Å². The predicted octanol–water partition coefficient (Wildman–Crippen LogP) is 4.84. The van der Waals surface area contributed by atoms with Gasteiger partial charge >= 0.3 is 5.97 Å². The van der Waals surface area contributed by atoms with Crippen molar-refractivity contribution in [2.24, 2.45) is 17.3 Å². The Morgan fingerprint density at radius 2 is 1.69 bits per heavy atom. The summed E-state index contributed by atoms with van der Waals surface area (Å²) in [5.74, 6) is -1.80. The minimum Gasteiger partial charge on any atom is -0.458 e. The number of hydrogen-bond acceptors (Lipinski definition) is 7. The molecular weight excluding hydrogens is 515 g/mol. The van der Waals surface area contributed by atoms with Crippen molar-refractivity contribution in [1.82, 2.24) is 4.90 Å². The molecule has 1 heterocycles. The number of benzene rings is 1. The van der Waals surface area contributed by atoms with Crippen LogP contribution < -0.4 is 0 Å². The Balaban J connectivity index is 2.56. The molecule has 0 saturated carbocycles. The number of carbonyl (C=O) groups is 2. The molecule has 0 aromatic heterocycles. The molecule has 2 rings (SSSR count). The van der Waals surface area contributed by atoms with E-state index in [9.17, 15) is 18.0 Å². The molecule has 1 aliphatic heterocycles. The molecule has 1 amide bonds. The lowest BCUT2D eigenvalue weighted by Crippen LogP contribution is -2.68. The van der Waals surface area contributed by atoms with Gasteiger partial charge in [-0.25, -0.2) is 13.2 Å². The first-order chi connectivity index (χ1) is 16.4. The van der Waals surface area contributed by atoms with E-state index in [4.69, 9.17) is 9.16 Å². The van der Waals surface area contributed by atoms with Gasteiger partial charge in [-0.05, 0) is 74.7 Å². The molecule has 36 heavy (non-hydrogen) atoms. The van der Waals surface area contributed by atoms with Gasteiger partial charge in [0.2, 0.25) is 14.8 Å². The number of likely N-dealkylation sites (tertiary alicyclic amines) is 1. The largest absolute Gasteiger partial charge is 0.458 e. The van der Waals surface area contributed by atoms with Gasteiger partial charge in [0.25, 0.3) is 0 Å². The maximum atomic E-state index is 13.8. The summed E-state index contributed by atoms with van der Waals surface area (Å²) in [5.41, 5.74) is -0.701. The summed E-state index contributed by atoms with van der Waals surface area (Å²) < 4.78 is 38.5. The fraction of sp³-hybridized carbons (Fsp3) is 0.615. The summed E-state index contributed by atoms with van der Waals surface area (Å²) in [7, 11) is -4.51. The lowest BCUT2D eigenvalue weighted by molar-refractivity contribution is -0.176. The molecule has 1 aliphatic rings. The molecule has 1 fully saturated rings. The summed E-state index contributed by atoms with van der Waals surface area (Å²) in [6, 6.07) is 7.03. The smallest absolute Gasteiger partial charge is 0.333 e. The second-order valence-electron chi connectivity index (χ2n) is 11.7. The summed E-state index contributed by atoms with van der Waals surface area (Å²) in [6.07, 6.45) is 0. The predicted molar refractivity (Wildman–Crippen MR) is 148 cm³/mol. The maximum absolute atomic E-state index is 13.8. The number of carbonyl (C=O) groups excluding carboxylic acids is 2. The van der Waals surface area contributed by atoms with Crippen LogP contribution in [0.2, 0.25) is 13.1 Å². The molecule has 10 heteroatoms. The van der Waals surface area contributed by atoms with Gasteiger partial charge in [0.1, 0.15) is 11.0 Å². The van der Waals surface area contributed by atoms with Crippen LogP contribution in [0.1, 0.15) is 48.5 Å². The highest BCUT2D eigenvalue weighted by atomic mass is 33.1. The average Bonchev–Trinajstić information content (AvgIpc) is 2.71. The second kappa shape index (κ2) is 11.4. The monoisotopic (exact) mass is 555 g/mol. The van der Waals surface area contributed by atoms with Gasteiger partial charge in [0.05, 0.1) is 10.8 Å². The highest BCUT2D eigenvalue weighted by Crippen LogP contribution is 2.50. The summed E-state index contributed by atoms with van der Waals surface area (Å²) in [4.78, 5) is 28.5. The van der Waals surface area contributed by atoms with Gasteiger partial charge < -0.3 is 14.1 Å². The first kappa shape index (κ1) is 30.6. The number of esters is 1. The zero-order valence-corrected chi connectivity index (χ0v) is 25.7. The molecule has 1 unspecified atom stereocenters. The molecule has 0 aliphatic carbocycles. The Kier molecular flexibility index (Phi) is 9.70. The van der Waals surface area contributed by atoms with Crippen molar-refractivity contribution in [3.05, 3.63) is 42.5 Å². The Bertz CT molecular complexity index is 1060. The summed E-state index contributed by atoms with van der Waals surface area (Å²) in [6.45, 7) is 21.4. The molecular formula is C26H41NO6S2Si. The number of ether oxygens (including phenoxy) is 1. The third kappa shape index (κ3) is 7.46. The molecule has 1 aromatic rings. The topological polar surface area (TPSA) is 90.0 Å². The Morgan fingerprint density at radius 1 is 1.14 bits per heavy atom. The first-order valence-corrected chi connectivity index (χ1v) is 17.8. The van der Waals surface area contributed by atoms with Crippen LogP contribution in [0, 0.1) is 17.3 Å². The van der Waals surface area contributed by atoms with E-state index < -0.39 is 46.8 Å². The lowest BCUT2D eigenvalue weighted by Gasteiger charge is -2.54. The zero-order chi connectivity index (χ0) is 27.6. The maximum Gasteiger partial charge on any atom is 0.333 e. The minimum atomic E-state index is -3.83. The fourth-order valence-electron chi connectivity index (χ4n) is 4.13. The number of hydrogen-bond donors (Lipinski definition) is 0. The van der Waals surface area contributed by atoms with E-state index in [2.05, 4.69) is 19.7 Å². The third-order valence-electron chi connectivity index (χ3n) is 5.91. The first-order valence-electron chi connectivity index (χ1n) is 12.2. The van der Waals surface area contributed by atoms with Crippen LogP contribution in [0.4, 0.5) is 0 Å². The van der Waals surface area contributed by atoms with Crippen LogP contribution in [0.3, 0.4) is 0 Å². The van der Waals surface area contributed by atoms with Crippen LogP contribution in [-0.4, -0.2) is 57.9 Å². The van der Waals surface area contributed by atoms with E-state index in [0.717, 1.165) is 0 Å². The molecule has 1 saturated heterocycles. The van der Waals surface area contributed by atoms with E-state index in [-0.39, 0.29) is 22.1 Å². The lowest BCUT2D eigenvalue weighted by atomic mass is 9.69. The van der Waals surface area contributed by atoms with E-state index in [0.29, 0.717) is 23.0 Å². The van der Waals surface area contributed by atoms with Crippen LogP contribution in [-0.2, 0) is 27.6 Å². The van der Waals surface area contributed by atoms with Crippen molar-refractivity contribution in [1.29, 1.82) is 0 Å². The fourth-order valence-corrected chi connectivity index (χ4v) is 8.41. The highest BCUT2D eigenvalue weighted by Gasteiger charge is 2.59. The van der Waals surface area contributed by atoms with Gasteiger partial charge in [0, 0.05) is 12.5 Å². The Labute approximate surface area is 222 Å². The Hall–Kier alpha value is -1.62. The number of rotatable bonds is 10.